The van der Waals surface area contributed by atoms with E-state index in [1.165, 1.54) is 16.5 Å². The number of ether oxygens (including phenoxy) is 3. The minimum Gasteiger partial charge on any atom is -0.507 e. The number of aryl methyl sites for hydroxylation is 2. The lowest BCUT2D eigenvalue weighted by atomic mass is 9.75. The zero-order chi connectivity index (χ0) is 43.3. The number of phenolic OH excluding ortho intramolecular Hbond substituents is 1. The summed E-state index contributed by atoms with van der Waals surface area (Å²) < 4.78 is 25.3. The number of anilines is 2. The summed E-state index contributed by atoms with van der Waals surface area (Å²) in [6, 6.07) is 11.2. The third-order valence-corrected chi connectivity index (χ3v) is 13.2. The molecule has 6 unspecified atom stereocenters. The molecule has 0 bridgehead atoms. The van der Waals surface area contributed by atoms with Gasteiger partial charge in [-0.15, -0.1) is 0 Å². The molecule has 14 heteroatoms. The first-order chi connectivity index (χ1) is 29.8. The summed E-state index contributed by atoms with van der Waals surface area (Å²) in [6.45, 7) is 10.8. The van der Waals surface area contributed by atoms with Crippen LogP contribution in [0.1, 0.15) is 94.2 Å². The average Bonchev–Trinajstić information content (AvgIpc) is 3.52. The van der Waals surface area contributed by atoms with E-state index in [1.807, 2.05) is 33.2 Å². The van der Waals surface area contributed by atoms with E-state index in [2.05, 4.69) is 53.0 Å². The number of aromatic nitrogens is 2. The van der Waals surface area contributed by atoms with Crippen LogP contribution < -0.4 is 31.4 Å². The van der Waals surface area contributed by atoms with Gasteiger partial charge in [0.25, 0.3) is 0 Å². The number of nitrogen functional groups attached to an aromatic ring is 1. The van der Waals surface area contributed by atoms with Crippen LogP contribution in [-0.4, -0.2) is 77.4 Å². The lowest BCUT2D eigenvalue weighted by Gasteiger charge is -2.45. The smallest absolute Gasteiger partial charge is 0.341 e. The molecule has 8 heterocycles. The predicted molar refractivity (Wildman–Crippen MR) is 237 cm³/mol. The van der Waals surface area contributed by atoms with Gasteiger partial charge in [-0.2, -0.15) is 0 Å². The van der Waals surface area contributed by atoms with Crippen LogP contribution in [0.5, 0.6) is 11.5 Å². The Hall–Kier alpha value is -5.57. The maximum atomic E-state index is 14.5. The van der Waals surface area contributed by atoms with Crippen molar-refractivity contribution in [2.24, 2.45) is 10.9 Å². The number of pyridine rings is 2. The lowest BCUT2D eigenvalue weighted by molar-refractivity contribution is -0.852. The van der Waals surface area contributed by atoms with E-state index < -0.39 is 29.2 Å². The fourth-order valence-electron chi connectivity index (χ4n) is 10.1. The highest BCUT2D eigenvalue weighted by molar-refractivity contribution is 5.88. The second-order valence-corrected chi connectivity index (χ2v) is 18.3. The number of nitrogens with zero attached hydrogens (tertiary/aromatic N) is 3. The molecule has 1 aromatic carbocycles. The van der Waals surface area contributed by atoms with Crippen LogP contribution in [-0.2, 0) is 27.2 Å². The molecule has 5 aliphatic rings. The number of aliphatic imine (C=N–C) groups is 1. The van der Waals surface area contributed by atoms with Gasteiger partial charge in [0.1, 0.15) is 76.6 Å². The normalized spacial score (nSPS) is 25.8. The summed E-state index contributed by atoms with van der Waals surface area (Å²) in [7, 11) is 1.91. The number of esters is 1. The molecule has 4 aromatic rings. The number of epoxide rings is 1. The molecule has 2 fully saturated rings. The average molecular weight is 845 g/mol. The maximum Gasteiger partial charge on any atom is 0.341 e. The molecular weight excluding hydrogens is 787 g/mol. The minimum absolute atomic E-state index is 0.0927. The van der Waals surface area contributed by atoms with Crippen molar-refractivity contribution in [1.82, 2.24) is 15.3 Å². The molecule has 14 nitrogen and oxygen atoms in total. The molecule has 2 saturated heterocycles. The number of quaternary nitrogens is 1. The van der Waals surface area contributed by atoms with Gasteiger partial charge in [-0.1, -0.05) is 19.8 Å². The number of hydrogen-bond donors (Lipinski definition) is 5. The largest absolute Gasteiger partial charge is 0.507 e. The second-order valence-electron chi connectivity index (χ2n) is 18.3. The van der Waals surface area contributed by atoms with Gasteiger partial charge in [0.05, 0.1) is 17.5 Å². The summed E-state index contributed by atoms with van der Waals surface area (Å²) in [5.41, 5.74) is 10.7. The summed E-state index contributed by atoms with van der Waals surface area (Å²) in [6.07, 6.45) is 11.3. The van der Waals surface area contributed by atoms with E-state index in [4.69, 9.17) is 34.3 Å². The van der Waals surface area contributed by atoms with Gasteiger partial charge in [-0.05, 0) is 115 Å². The Labute approximate surface area is 361 Å². The zero-order valence-electron chi connectivity index (χ0n) is 36.3. The van der Waals surface area contributed by atoms with Gasteiger partial charge in [0.15, 0.2) is 11.0 Å². The van der Waals surface area contributed by atoms with Crippen molar-refractivity contribution in [1.29, 1.82) is 0 Å². The molecule has 62 heavy (non-hydrogen) atoms. The first kappa shape index (κ1) is 41.8. The molecule has 9 rings (SSSR count). The molecular formula is C48H58N7O7+. The Morgan fingerprint density at radius 2 is 1.94 bits per heavy atom. The Morgan fingerprint density at radius 1 is 1.08 bits per heavy atom. The highest BCUT2D eigenvalue weighted by atomic mass is 16.7. The van der Waals surface area contributed by atoms with Gasteiger partial charge >= 0.3 is 5.97 Å². The number of benzene rings is 1. The first-order valence-corrected chi connectivity index (χ1v) is 22.2. The van der Waals surface area contributed by atoms with E-state index in [9.17, 15) is 14.7 Å². The number of allylic oxidation sites excluding steroid dienone is 1. The van der Waals surface area contributed by atoms with E-state index in [1.54, 1.807) is 13.0 Å². The quantitative estimate of drug-likeness (QED) is 0.0632. The predicted octanol–water partition coefficient (Wildman–Crippen LogP) is 5.66. The van der Waals surface area contributed by atoms with Crippen molar-refractivity contribution in [2.75, 3.05) is 37.7 Å². The maximum absolute atomic E-state index is 14.5. The third-order valence-electron chi connectivity index (χ3n) is 13.2. The Balaban J connectivity index is 0.954. The standard InChI is InChI=1S/C48H57N7O7/c1-6-7-8-14-52-41-21-31(20-32(53-41)25-55-24-30-12-15-51-35(30)26-55)34-18-28(19-40(49)54-34)9-10-39-48(62-39)13-11-29(23-50-5)17-33-42-38(61-47(3,4)45(33)60-46(48)58)22-37-43(44(42)57)36(56)16-27(2)59-37/h12,15-16,18-22,26,29,33,39,45,50,57H,6-11,13-14,17,23-25H2,1-5H3,(H2,49,54)(H,52,53)/p+1. The molecule has 6 atom stereocenters. The van der Waals surface area contributed by atoms with Crippen molar-refractivity contribution in [2.45, 2.75) is 115 Å². The number of unbranched alkanes of at least 4 members (excludes halogenated alkanes) is 2. The van der Waals surface area contributed by atoms with E-state index >= 15 is 0 Å². The molecule has 5 aliphatic heterocycles. The number of phenols is 1. The molecule has 0 aliphatic carbocycles. The molecule has 3 aromatic heterocycles. The van der Waals surface area contributed by atoms with Gasteiger partial charge in [0, 0.05) is 47.5 Å². The van der Waals surface area contributed by atoms with Crippen molar-refractivity contribution < 1.29 is 33.4 Å². The molecule has 6 N–H and O–H groups in total. The van der Waals surface area contributed by atoms with Crippen LogP contribution in [0.15, 0.2) is 74.1 Å². The van der Waals surface area contributed by atoms with Gasteiger partial charge in [0.2, 0.25) is 0 Å². The number of carbonyl (C=O) groups is 1. The molecule has 1 spiro atoms. The number of hydrogen-bond acceptors (Lipinski definition) is 13. The number of nitrogens with two attached hydrogens (primary N) is 1. The summed E-state index contributed by atoms with van der Waals surface area (Å²) in [5.74, 6) is 1.11. The van der Waals surface area contributed by atoms with Crippen molar-refractivity contribution in [3.8, 4) is 22.8 Å². The highest BCUT2D eigenvalue weighted by Crippen LogP contribution is 2.54. The first-order valence-electron chi connectivity index (χ1n) is 22.2. The zero-order valence-corrected chi connectivity index (χ0v) is 36.3. The van der Waals surface area contributed by atoms with Crippen molar-refractivity contribution >= 4 is 34.8 Å². The number of carbonyl (C=O) groups excluding carboxylic acids is 1. The Kier molecular flexibility index (Phi) is 11.2. The van der Waals surface area contributed by atoms with Gasteiger partial charge in [-0.3, -0.25) is 14.7 Å². The van der Waals surface area contributed by atoms with Crippen LogP contribution >= 0.6 is 0 Å². The monoisotopic (exact) mass is 844 g/mol. The fourth-order valence-corrected chi connectivity index (χ4v) is 10.1. The van der Waals surface area contributed by atoms with E-state index in [0.717, 1.165) is 66.4 Å². The number of nitrogens with one attached hydrogen (secondary N) is 3. The van der Waals surface area contributed by atoms with Crippen LogP contribution in [0, 0.1) is 12.8 Å². The Bertz CT molecular complexity index is 2560. The van der Waals surface area contributed by atoms with Gasteiger partial charge in [-0.25, -0.2) is 14.8 Å². The number of rotatable bonds is 13. The third kappa shape index (κ3) is 8.11. The molecule has 0 saturated carbocycles. The molecule has 326 valence electrons. The van der Waals surface area contributed by atoms with Crippen LogP contribution in [0.4, 0.5) is 11.6 Å². The van der Waals surface area contributed by atoms with Crippen molar-refractivity contribution in [3.05, 3.63) is 92.7 Å². The van der Waals surface area contributed by atoms with E-state index in [-0.39, 0.29) is 34.2 Å². The minimum atomic E-state index is -1.12. The van der Waals surface area contributed by atoms with Crippen LogP contribution in [0.25, 0.3) is 22.2 Å². The lowest BCUT2D eigenvalue weighted by Crippen LogP contribution is -3.04. The van der Waals surface area contributed by atoms with Crippen molar-refractivity contribution in [3.63, 3.8) is 0 Å². The number of fused-ring (bicyclic) bond motifs is 5. The fraction of sp³-hybridized carbons (Fsp3) is 0.479. The molecule has 0 amide bonds. The highest BCUT2D eigenvalue weighted by Gasteiger charge is 2.65. The Morgan fingerprint density at radius 3 is 2.74 bits per heavy atom. The van der Waals surface area contributed by atoms with E-state index in [0.29, 0.717) is 68.1 Å². The molecule has 0 radical (unpaired) electrons. The topological polar surface area (TPSA) is 191 Å². The van der Waals surface area contributed by atoms with Crippen LogP contribution in [0.2, 0.25) is 0 Å². The number of aromatic hydroxyl groups is 1. The summed E-state index contributed by atoms with van der Waals surface area (Å²) >= 11 is 0. The summed E-state index contributed by atoms with van der Waals surface area (Å²) in [4.78, 5) is 43.2. The van der Waals surface area contributed by atoms with Crippen LogP contribution in [0.3, 0.4) is 0 Å². The SMILES string of the molecule is CCCCCNc1cc(-c2cc(CCC3OC34CCC(CNC)CC3c5c(cc6oc(C)cc(=O)c6c5O)OC(C)(C)C3OC4=O)cc(N)n2)cc(C[NH+]2C=C3N=CC=C3C2)n1. The second kappa shape index (κ2) is 16.6. The van der Waals surface area contributed by atoms with Gasteiger partial charge < -0.3 is 40.1 Å². The summed E-state index contributed by atoms with van der Waals surface area (Å²) in [5, 5.41) is 18.7.